The first-order valence-electron chi connectivity index (χ1n) is 12.1. The van der Waals surface area contributed by atoms with Gasteiger partial charge >= 0.3 is 0 Å². The summed E-state index contributed by atoms with van der Waals surface area (Å²) in [6.07, 6.45) is 17.8. The van der Waals surface area contributed by atoms with E-state index in [0.29, 0.717) is 5.92 Å². The fourth-order valence-electron chi connectivity index (χ4n) is 8.94. The molecule has 0 amide bonds. The third-order valence-electron chi connectivity index (χ3n) is 10.1. The van der Waals surface area contributed by atoms with Gasteiger partial charge in [-0.15, -0.1) is 0 Å². The Balaban J connectivity index is 1.40. The van der Waals surface area contributed by atoms with Gasteiger partial charge in [-0.1, -0.05) is 23.7 Å². The van der Waals surface area contributed by atoms with E-state index in [2.05, 4.69) is 24.2 Å². The molecule has 2 N–H and O–H groups in total. The molecule has 1 heterocycles. The van der Waals surface area contributed by atoms with Crippen molar-refractivity contribution in [2.75, 3.05) is 0 Å². The van der Waals surface area contributed by atoms with Gasteiger partial charge in [-0.2, -0.15) is 0 Å². The molecule has 4 heteroatoms. The van der Waals surface area contributed by atoms with Crippen LogP contribution in [0.5, 0.6) is 0 Å². The molecule has 4 unspecified atom stereocenters. The second-order valence-electron chi connectivity index (χ2n) is 10.9. The largest absolute Gasteiger partial charge is 0.411 e. The van der Waals surface area contributed by atoms with Crippen LogP contribution in [-0.2, 0) is 4.74 Å². The van der Waals surface area contributed by atoms with E-state index in [0.717, 1.165) is 61.0 Å². The molecule has 158 valence electrons. The maximum Gasteiger partial charge on any atom is 0.175 e. The molecule has 1 spiro atoms. The number of allylic oxidation sites excluding steroid dienone is 2. The Morgan fingerprint density at radius 3 is 2.69 bits per heavy atom. The molecule has 0 aromatic heterocycles. The third-order valence-corrected chi connectivity index (χ3v) is 10.1. The minimum atomic E-state index is -0.718. The van der Waals surface area contributed by atoms with Crippen molar-refractivity contribution in [1.82, 2.24) is 0 Å². The summed E-state index contributed by atoms with van der Waals surface area (Å²) in [5, 5.41) is 23.1. The van der Waals surface area contributed by atoms with Crippen molar-refractivity contribution in [3.05, 3.63) is 23.8 Å². The fraction of sp³-hybridized carbons (Fsp3) is 0.800. The zero-order chi connectivity index (χ0) is 19.8. The molecule has 0 aromatic carbocycles. The van der Waals surface area contributed by atoms with E-state index in [-0.39, 0.29) is 11.0 Å². The predicted molar refractivity (Wildman–Crippen MR) is 111 cm³/mol. The topological polar surface area (TPSA) is 62.0 Å². The van der Waals surface area contributed by atoms with Gasteiger partial charge in [-0.05, 0) is 112 Å². The first-order chi connectivity index (χ1) is 14.1. The Morgan fingerprint density at radius 1 is 1.14 bits per heavy atom. The fourth-order valence-corrected chi connectivity index (χ4v) is 8.94. The van der Waals surface area contributed by atoms with Crippen molar-refractivity contribution in [2.45, 2.75) is 83.0 Å². The van der Waals surface area contributed by atoms with E-state index >= 15 is 0 Å². The average Bonchev–Trinajstić information content (AvgIpc) is 3.45. The molecule has 6 rings (SSSR count). The predicted octanol–water partition coefficient (Wildman–Crippen LogP) is 5.06. The van der Waals surface area contributed by atoms with E-state index in [1.54, 1.807) is 5.57 Å². The SMILES string of the molecule is CC[C@]12CCC3C(C1CC[C@@]21C=CC(O)O1)[C@@H](C1CC1)CC1=C/C(=N/O)CC[C@@H]13. The van der Waals surface area contributed by atoms with Gasteiger partial charge in [0.25, 0.3) is 0 Å². The number of fused-ring (bicyclic) bond motifs is 6. The Bertz CT molecular complexity index is 783. The zero-order valence-corrected chi connectivity index (χ0v) is 17.6. The van der Waals surface area contributed by atoms with Crippen LogP contribution in [0.3, 0.4) is 0 Å². The molecule has 1 aliphatic heterocycles. The number of nitrogens with zero attached hydrogens (tertiary/aromatic N) is 1. The van der Waals surface area contributed by atoms with Crippen molar-refractivity contribution in [3.8, 4) is 0 Å². The van der Waals surface area contributed by atoms with E-state index < -0.39 is 6.29 Å². The molecule has 0 radical (unpaired) electrons. The lowest BCUT2D eigenvalue weighted by Gasteiger charge is -2.59. The van der Waals surface area contributed by atoms with Crippen LogP contribution in [-0.4, -0.2) is 27.9 Å². The molecule has 4 saturated carbocycles. The molecular formula is C25H35NO3. The monoisotopic (exact) mass is 397 g/mol. The van der Waals surface area contributed by atoms with Crippen LogP contribution in [0.4, 0.5) is 0 Å². The van der Waals surface area contributed by atoms with E-state index in [4.69, 9.17) is 4.74 Å². The number of ether oxygens (including phenoxy) is 1. The Labute approximate surface area is 174 Å². The Kier molecular flexibility index (Phi) is 4.13. The maximum atomic E-state index is 10.2. The number of oxime groups is 1. The van der Waals surface area contributed by atoms with E-state index in [1.165, 1.54) is 38.5 Å². The summed E-state index contributed by atoms with van der Waals surface area (Å²) in [4.78, 5) is 0. The van der Waals surface area contributed by atoms with Gasteiger partial charge in [-0.25, -0.2) is 0 Å². The molecule has 5 aliphatic carbocycles. The number of aliphatic hydroxyl groups is 1. The number of hydrogen-bond acceptors (Lipinski definition) is 4. The molecule has 4 fully saturated rings. The minimum Gasteiger partial charge on any atom is -0.411 e. The van der Waals surface area contributed by atoms with Crippen molar-refractivity contribution in [3.63, 3.8) is 0 Å². The van der Waals surface area contributed by atoms with Gasteiger partial charge in [0.2, 0.25) is 0 Å². The van der Waals surface area contributed by atoms with E-state index in [9.17, 15) is 10.3 Å². The highest BCUT2D eigenvalue weighted by Crippen LogP contribution is 2.70. The summed E-state index contributed by atoms with van der Waals surface area (Å²) in [6.45, 7) is 2.37. The lowest BCUT2D eigenvalue weighted by molar-refractivity contribution is -0.191. The molecule has 29 heavy (non-hydrogen) atoms. The van der Waals surface area contributed by atoms with Crippen molar-refractivity contribution >= 4 is 5.71 Å². The highest BCUT2D eigenvalue weighted by molar-refractivity contribution is 5.96. The average molecular weight is 398 g/mol. The lowest BCUT2D eigenvalue weighted by atomic mass is 9.46. The lowest BCUT2D eigenvalue weighted by Crippen LogP contribution is -2.56. The second kappa shape index (κ2) is 6.43. The van der Waals surface area contributed by atoms with Gasteiger partial charge in [0.05, 0.1) is 11.3 Å². The standard InChI is InChI=1S/C25H35NO3/c1-2-24-10-7-19-18-6-5-17(26-28)13-16(18)14-20(15-3-4-15)23(19)21(24)8-11-25(24)12-9-22(27)29-25/h9,12-13,15,18-23,27-28H,2-8,10-11,14H2,1H3/b26-17+/t18-,19?,20+,21?,22?,23?,24-,25+/m0/s1. The van der Waals surface area contributed by atoms with Crippen LogP contribution in [0.15, 0.2) is 29.0 Å². The van der Waals surface area contributed by atoms with Crippen LogP contribution in [0.25, 0.3) is 0 Å². The van der Waals surface area contributed by atoms with Crippen LogP contribution in [0, 0.1) is 40.9 Å². The summed E-state index contributed by atoms with van der Waals surface area (Å²) < 4.78 is 6.29. The van der Waals surface area contributed by atoms with Gasteiger partial charge in [0.1, 0.15) is 0 Å². The Hall–Kier alpha value is -1.13. The van der Waals surface area contributed by atoms with Gasteiger partial charge in [0.15, 0.2) is 6.29 Å². The van der Waals surface area contributed by atoms with Crippen LogP contribution in [0.1, 0.15) is 71.1 Å². The van der Waals surface area contributed by atoms with Gasteiger partial charge < -0.3 is 15.1 Å². The smallest absolute Gasteiger partial charge is 0.175 e. The molecular weight excluding hydrogens is 362 g/mol. The van der Waals surface area contributed by atoms with Crippen molar-refractivity contribution in [1.29, 1.82) is 0 Å². The summed E-state index contributed by atoms with van der Waals surface area (Å²) in [5.41, 5.74) is 2.44. The first-order valence-corrected chi connectivity index (χ1v) is 12.1. The number of hydrogen-bond donors (Lipinski definition) is 2. The highest BCUT2D eigenvalue weighted by atomic mass is 16.6. The highest BCUT2D eigenvalue weighted by Gasteiger charge is 2.67. The maximum absolute atomic E-state index is 10.2. The number of rotatable bonds is 2. The summed E-state index contributed by atoms with van der Waals surface area (Å²) in [5.74, 6) is 4.70. The van der Waals surface area contributed by atoms with Gasteiger partial charge in [0, 0.05) is 5.41 Å². The first kappa shape index (κ1) is 18.6. The molecule has 0 aromatic rings. The second-order valence-corrected chi connectivity index (χ2v) is 10.9. The molecule has 0 bridgehead atoms. The van der Waals surface area contributed by atoms with Gasteiger partial charge in [-0.3, -0.25) is 0 Å². The van der Waals surface area contributed by atoms with Crippen LogP contribution in [0.2, 0.25) is 0 Å². The van der Waals surface area contributed by atoms with Crippen molar-refractivity contribution < 1.29 is 15.1 Å². The quantitative estimate of drug-likeness (QED) is 0.389. The van der Waals surface area contributed by atoms with Crippen molar-refractivity contribution in [2.24, 2.45) is 46.1 Å². The van der Waals surface area contributed by atoms with E-state index in [1.807, 2.05) is 6.08 Å². The van der Waals surface area contributed by atoms with Crippen LogP contribution >= 0.6 is 0 Å². The summed E-state index contributed by atoms with van der Waals surface area (Å²) >= 11 is 0. The molecule has 8 atom stereocenters. The molecule has 6 aliphatic rings. The zero-order valence-electron chi connectivity index (χ0n) is 17.6. The summed E-state index contributed by atoms with van der Waals surface area (Å²) in [6, 6.07) is 0. The minimum absolute atomic E-state index is 0.197. The summed E-state index contributed by atoms with van der Waals surface area (Å²) in [7, 11) is 0. The normalized spacial score (nSPS) is 52.3. The van der Waals surface area contributed by atoms with Crippen LogP contribution < -0.4 is 0 Å². The third kappa shape index (κ3) is 2.48. The number of aliphatic hydroxyl groups excluding tert-OH is 1. The molecule has 0 saturated heterocycles. The molecule has 4 nitrogen and oxygen atoms in total. The Morgan fingerprint density at radius 2 is 2.00 bits per heavy atom.